The molecule has 3 nitrogen and oxygen atoms in total. The fourth-order valence-electron chi connectivity index (χ4n) is 1.97. The van der Waals surface area contributed by atoms with Crippen LogP contribution in [0, 0.1) is 0 Å². The molecule has 1 aliphatic rings. The Kier molecular flexibility index (Phi) is 2.57. The molecular formula is C12H16O3. The third-order valence-corrected chi connectivity index (χ3v) is 2.97. The van der Waals surface area contributed by atoms with Crippen LogP contribution >= 0.6 is 0 Å². The van der Waals surface area contributed by atoms with E-state index in [2.05, 4.69) is 0 Å². The normalized spacial score (nSPS) is 24.4. The fraction of sp³-hybridized carbons (Fsp3) is 0.500. The average Bonchev–Trinajstić information content (AvgIpc) is 2.17. The summed E-state index contributed by atoms with van der Waals surface area (Å²) in [6.45, 7) is 2.13. The standard InChI is InChI=1S/C12H16O3/c1-12(6-7-13)5-4-9-2-3-10(14)8-11(9)15-12/h2-3,8,13-14H,4-7H2,1H3. The number of hydrogen-bond donors (Lipinski definition) is 2. The lowest BCUT2D eigenvalue weighted by Crippen LogP contribution is -2.37. The molecule has 2 rings (SSSR count). The van der Waals surface area contributed by atoms with E-state index < -0.39 is 0 Å². The second-order valence-electron chi connectivity index (χ2n) is 4.32. The first-order chi connectivity index (χ1) is 7.13. The summed E-state index contributed by atoms with van der Waals surface area (Å²) in [6, 6.07) is 5.21. The third kappa shape index (κ3) is 2.07. The molecule has 0 radical (unpaired) electrons. The molecule has 0 saturated carbocycles. The van der Waals surface area contributed by atoms with Crippen LogP contribution in [0.25, 0.3) is 0 Å². The van der Waals surface area contributed by atoms with Crippen molar-refractivity contribution in [3.05, 3.63) is 23.8 Å². The van der Waals surface area contributed by atoms with E-state index in [9.17, 15) is 5.11 Å². The van der Waals surface area contributed by atoms with E-state index in [1.54, 1.807) is 12.1 Å². The van der Waals surface area contributed by atoms with Crippen molar-refractivity contribution in [3.63, 3.8) is 0 Å². The molecular weight excluding hydrogens is 192 g/mol. The molecule has 82 valence electrons. The van der Waals surface area contributed by atoms with Gasteiger partial charge in [0.05, 0.1) is 0 Å². The molecule has 0 aromatic heterocycles. The second kappa shape index (κ2) is 3.74. The minimum atomic E-state index is -0.296. The Labute approximate surface area is 89.3 Å². The van der Waals surface area contributed by atoms with Crippen molar-refractivity contribution in [2.75, 3.05) is 6.61 Å². The summed E-state index contributed by atoms with van der Waals surface area (Å²) in [6.07, 6.45) is 2.47. The highest BCUT2D eigenvalue weighted by atomic mass is 16.5. The molecule has 0 amide bonds. The number of aryl methyl sites for hydroxylation is 1. The first kappa shape index (κ1) is 10.3. The zero-order valence-electron chi connectivity index (χ0n) is 8.86. The summed E-state index contributed by atoms with van der Waals surface area (Å²) in [7, 11) is 0. The van der Waals surface area contributed by atoms with E-state index in [1.807, 2.05) is 13.0 Å². The SMILES string of the molecule is CC1(CCO)CCc2ccc(O)cc2O1. The number of rotatable bonds is 2. The van der Waals surface area contributed by atoms with Crippen LogP contribution in [-0.4, -0.2) is 22.4 Å². The predicted octanol–water partition coefficient (Wildman–Crippen LogP) is 1.86. The molecule has 1 aliphatic heterocycles. The number of aliphatic hydroxyl groups is 1. The lowest BCUT2D eigenvalue weighted by atomic mass is 9.90. The van der Waals surface area contributed by atoms with Crippen LogP contribution in [0.5, 0.6) is 11.5 Å². The number of hydrogen-bond acceptors (Lipinski definition) is 3. The van der Waals surface area contributed by atoms with Crippen molar-refractivity contribution >= 4 is 0 Å². The Bertz CT molecular complexity index is 362. The Hall–Kier alpha value is -1.22. The van der Waals surface area contributed by atoms with Gasteiger partial charge >= 0.3 is 0 Å². The molecule has 1 unspecified atom stereocenters. The highest BCUT2D eigenvalue weighted by Gasteiger charge is 2.30. The van der Waals surface area contributed by atoms with Gasteiger partial charge in [0.25, 0.3) is 0 Å². The Morgan fingerprint density at radius 3 is 3.00 bits per heavy atom. The highest BCUT2D eigenvalue weighted by molar-refractivity contribution is 5.41. The lowest BCUT2D eigenvalue weighted by molar-refractivity contribution is 0.0387. The van der Waals surface area contributed by atoms with Crippen LogP contribution in [0.3, 0.4) is 0 Å². The molecule has 0 saturated heterocycles. The minimum Gasteiger partial charge on any atom is -0.508 e. The molecule has 0 fully saturated rings. The lowest BCUT2D eigenvalue weighted by Gasteiger charge is -2.35. The van der Waals surface area contributed by atoms with Gasteiger partial charge in [-0.2, -0.15) is 0 Å². The number of benzene rings is 1. The third-order valence-electron chi connectivity index (χ3n) is 2.97. The molecule has 1 aromatic carbocycles. The molecule has 0 aliphatic carbocycles. The highest BCUT2D eigenvalue weighted by Crippen LogP contribution is 2.36. The Balaban J connectivity index is 2.25. The van der Waals surface area contributed by atoms with Gasteiger partial charge in [0, 0.05) is 19.1 Å². The molecule has 1 aromatic rings. The van der Waals surface area contributed by atoms with Gasteiger partial charge in [0.15, 0.2) is 0 Å². The van der Waals surface area contributed by atoms with E-state index >= 15 is 0 Å². The van der Waals surface area contributed by atoms with Crippen molar-refractivity contribution in [3.8, 4) is 11.5 Å². The summed E-state index contributed by atoms with van der Waals surface area (Å²) in [4.78, 5) is 0. The molecule has 3 heteroatoms. The van der Waals surface area contributed by atoms with Crippen molar-refractivity contribution in [1.29, 1.82) is 0 Å². The fourth-order valence-corrected chi connectivity index (χ4v) is 1.97. The van der Waals surface area contributed by atoms with Crippen molar-refractivity contribution in [1.82, 2.24) is 0 Å². The first-order valence-corrected chi connectivity index (χ1v) is 5.25. The van der Waals surface area contributed by atoms with Crippen LogP contribution in [0.4, 0.5) is 0 Å². The maximum absolute atomic E-state index is 9.36. The average molecular weight is 208 g/mol. The van der Waals surface area contributed by atoms with Crippen LogP contribution in [0.1, 0.15) is 25.3 Å². The molecule has 1 heterocycles. The summed E-state index contributed by atoms with van der Waals surface area (Å²) >= 11 is 0. The van der Waals surface area contributed by atoms with Gasteiger partial charge in [-0.1, -0.05) is 6.07 Å². The van der Waals surface area contributed by atoms with Gasteiger partial charge < -0.3 is 14.9 Å². The zero-order valence-corrected chi connectivity index (χ0v) is 8.86. The smallest absolute Gasteiger partial charge is 0.127 e. The van der Waals surface area contributed by atoms with Crippen molar-refractivity contribution in [2.24, 2.45) is 0 Å². The van der Waals surface area contributed by atoms with E-state index in [4.69, 9.17) is 9.84 Å². The molecule has 2 N–H and O–H groups in total. The summed E-state index contributed by atoms with van der Waals surface area (Å²) in [5, 5.41) is 18.3. The van der Waals surface area contributed by atoms with Gasteiger partial charge in [-0.15, -0.1) is 0 Å². The molecule has 15 heavy (non-hydrogen) atoms. The number of fused-ring (bicyclic) bond motifs is 1. The van der Waals surface area contributed by atoms with Crippen LogP contribution < -0.4 is 4.74 Å². The van der Waals surface area contributed by atoms with Gasteiger partial charge in [0.2, 0.25) is 0 Å². The molecule has 0 spiro atoms. The van der Waals surface area contributed by atoms with Crippen LogP contribution in [0.2, 0.25) is 0 Å². The van der Waals surface area contributed by atoms with Crippen molar-refractivity contribution in [2.45, 2.75) is 31.8 Å². The zero-order chi connectivity index (χ0) is 10.9. The monoisotopic (exact) mass is 208 g/mol. The summed E-state index contributed by atoms with van der Waals surface area (Å²) < 4.78 is 5.82. The maximum atomic E-state index is 9.36. The van der Waals surface area contributed by atoms with Crippen LogP contribution in [-0.2, 0) is 6.42 Å². The number of phenolic OH excluding ortho intramolecular Hbond substituents is 1. The number of aliphatic hydroxyl groups excluding tert-OH is 1. The number of ether oxygens (including phenoxy) is 1. The van der Waals surface area contributed by atoms with E-state index in [1.165, 1.54) is 0 Å². The van der Waals surface area contributed by atoms with Gasteiger partial charge in [-0.3, -0.25) is 0 Å². The molecule has 0 bridgehead atoms. The number of phenols is 1. The van der Waals surface area contributed by atoms with E-state index in [0.29, 0.717) is 6.42 Å². The predicted molar refractivity (Wildman–Crippen MR) is 57.2 cm³/mol. The van der Waals surface area contributed by atoms with Crippen LogP contribution in [0.15, 0.2) is 18.2 Å². The second-order valence-corrected chi connectivity index (χ2v) is 4.32. The molecule has 1 atom stereocenters. The topological polar surface area (TPSA) is 49.7 Å². The Morgan fingerprint density at radius 2 is 2.27 bits per heavy atom. The number of aromatic hydroxyl groups is 1. The largest absolute Gasteiger partial charge is 0.508 e. The quantitative estimate of drug-likeness (QED) is 0.780. The maximum Gasteiger partial charge on any atom is 0.127 e. The van der Waals surface area contributed by atoms with Crippen molar-refractivity contribution < 1.29 is 14.9 Å². The first-order valence-electron chi connectivity index (χ1n) is 5.25. The minimum absolute atomic E-state index is 0.130. The van der Waals surface area contributed by atoms with Gasteiger partial charge in [-0.25, -0.2) is 0 Å². The Morgan fingerprint density at radius 1 is 1.47 bits per heavy atom. The van der Waals surface area contributed by atoms with E-state index in [0.717, 1.165) is 24.2 Å². The van der Waals surface area contributed by atoms with Gasteiger partial charge in [-0.05, 0) is 31.4 Å². The summed E-state index contributed by atoms with van der Waals surface area (Å²) in [5.41, 5.74) is 0.832. The van der Waals surface area contributed by atoms with Gasteiger partial charge in [0.1, 0.15) is 17.1 Å². The summed E-state index contributed by atoms with van der Waals surface area (Å²) in [5.74, 6) is 0.971. The van der Waals surface area contributed by atoms with E-state index in [-0.39, 0.29) is 18.0 Å².